The second-order valence-corrected chi connectivity index (χ2v) is 1.76. The van der Waals surface area contributed by atoms with Crippen LogP contribution in [-0.2, 0) is 4.79 Å². The zero-order chi connectivity index (χ0) is 7.28. The minimum Gasteiger partial charge on any atom is -0.480 e. The fourth-order valence-electron chi connectivity index (χ4n) is 0.347. The molecule has 0 aliphatic heterocycles. The first-order valence-electron chi connectivity index (χ1n) is 2.75. The molecule has 0 aromatic carbocycles. The standard InChI is InChI=1S/C6H11NO2/c1-3-4-7-5(2)6(8)9/h3,5,7H,1,4H2,2H3,(H,8,9)/t5-/m1/s1. The van der Waals surface area contributed by atoms with E-state index >= 15 is 0 Å². The predicted octanol–water partition coefficient (Wildman–Crippen LogP) is 0.235. The van der Waals surface area contributed by atoms with Crippen LogP contribution in [0.3, 0.4) is 0 Å². The van der Waals surface area contributed by atoms with Gasteiger partial charge in [-0.15, -0.1) is 6.58 Å². The van der Waals surface area contributed by atoms with E-state index in [9.17, 15) is 4.79 Å². The Kier molecular flexibility index (Phi) is 3.71. The van der Waals surface area contributed by atoms with Crippen molar-refractivity contribution >= 4 is 5.97 Å². The molecular formula is C6H11NO2. The van der Waals surface area contributed by atoms with E-state index in [0.29, 0.717) is 6.54 Å². The lowest BCUT2D eigenvalue weighted by atomic mass is 10.3. The summed E-state index contributed by atoms with van der Waals surface area (Å²) in [6.45, 7) is 5.56. The molecule has 0 heterocycles. The summed E-state index contributed by atoms with van der Waals surface area (Å²) in [7, 11) is 0. The molecule has 0 aliphatic rings. The van der Waals surface area contributed by atoms with Crippen molar-refractivity contribution in [3.8, 4) is 0 Å². The van der Waals surface area contributed by atoms with Gasteiger partial charge in [0.2, 0.25) is 0 Å². The molecule has 0 aromatic rings. The monoisotopic (exact) mass is 129 g/mol. The average molecular weight is 129 g/mol. The van der Waals surface area contributed by atoms with E-state index in [1.807, 2.05) is 0 Å². The number of carboxylic acid groups (broad SMARTS) is 1. The van der Waals surface area contributed by atoms with Gasteiger partial charge in [0, 0.05) is 6.54 Å². The lowest BCUT2D eigenvalue weighted by Gasteiger charge is -2.04. The smallest absolute Gasteiger partial charge is 0.320 e. The maximum absolute atomic E-state index is 10.1. The molecule has 0 amide bonds. The summed E-state index contributed by atoms with van der Waals surface area (Å²) in [6.07, 6.45) is 1.62. The van der Waals surface area contributed by atoms with Crippen molar-refractivity contribution < 1.29 is 9.90 Å². The van der Waals surface area contributed by atoms with Crippen LogP contribution in [0.4, 0.5) is 0 Å². The van der Waals surface area contributed by atoms with Gasteiger partial charge in [0.05, 0.1) is 0 Å². The Morgan fingerprint density at radius 2 is 2.56 bits per heavy atom. The van der Waals surface area contributed by atoms with Gasteiger partial charge in [-0.3, -0.25) is 4.79 Å². The van der Waals surface area contributed by atoms with Gasteiger partial charge in [0.25, 0.3) is 0 Å². The Morgan fingerprint density at radius 3 is 2.89 bits per heavy atom. The lowest BCUT2D eigenvalue weighted by Crippen LogP contribution is -2.33. The molecule has 0 aliphatic carbocycles. The molecule has 2 N–H and O–H groups in total. The van der Waals surface area contributed by atoms with Gasteiger partial charge >= 0.3 is 5.97 Å². The van der Waals surface area contributed by atoms with Crippen molar-refractivity contribution in [2.45, 2.75) is 13.0 Å². The van der Waals surface area contributed by atoms with Crippen LogP contribution in [0.15, 0.2) is 12.7 Å². The van der Waals surface area contributed by atoms with Gasteiger partial charge in [-0.2, -0.15) is 0 Å². The highest BCUT2D eigenvalue weighted by molar-refractivity contribution is 5.72. The fourth-order valence-corrected chi connectivity index (χ4v) is 0.347. The Labute approximate surface area is 54.4 Å². The topological polar surface area (TPSA) is 49.3 Å². The first kappa shape index (κ1) is 8.17. The highest BCUT2D eigenvalue weighted by Gasteiger charge is 2.06. The summed E-state index contributed by atoms with van der Waals surface area (Å²) in [4.78, 5) is 10.1. The van der Waals surface area contributed by atoms with Crippen LogP contribution >= 0.6 is 0 Å². The zero-order valence-corrected chi connectivity index (χ0v) is 5.42. The lowest BCUT2D eigenvalue weighted by molar-refractivity contribution is -0.138. The molecule has 0 fully saturated rings. The molecule has 0 saturated heterocycles. The summed E-state index contributed by atoms with van der Waals surface area (Å²) in [6, 6.07) is -0.483. The second-order valence-electron chi connectivity index (χ2n) is 1.76. The van der Waals surface area contributed by atoms with Gasteiger partial charge in [-0.1, -0.05) is 6.08 Å². The van der Waals surface area contributed by atoms with E-state index in [4.69, 9.17) is 5.11 Å². The van der Waals surface area contributed by atoms with E-state index in [1.165, 1.54) is 0 Å². The third-order valence-corrected chi connectivity index (χ3v) is 0.939. The molecule has 0 spiro atoms. The molecular weight excluding hydrogens is 118 g/mol. The maximum atomic E-state index is 10.1. The van der Waals surface area contributed by atoms with Crippen molar-refractivity contribution in [2.24, 2.45) is 0 Å². The fraction of sp³-hybridized carbons (Fsp3) is 0.500. The zero-order valence-electron chi connectivity index (χ0n) is 5.42. The molecule has 3 nitrogen and oxygen atoms in total. The molecule has 9 heavy (non-hydrogen) atoms. The molecule has 52 valence electrons. The normalized spacial score (nSPS) is 12.6. The number of rotatable bonds is 4. The van der Waals surface area contributed by atoms with E-state index in [0.717, 1.165) is 0 Å². The van der Waals surface area contributed by atoms with Crippen molar-refractivity contribution in [3.05, 3.63) is 12.7 Å². The SMILES string of the molecule is C=CCN[C@H](C)C(=O)O. The van der Waals surface area contributed by atoms with E-state index in [1.54, 1.807) is 13.0 Å². The number of carbonyl (C=O) groups is 1. The van der Waals surface area contributed by atoms with Crippen LogP contribution in [0.2, 0.25) is 0 Å². The number of nitrogens with one attached hydrogen (secondary N) is 1. The Hall–Kier alpha value is -0.830. The van der Waals surface area contributed by atoms with Crippen molar-refractivity contribution in [1.82, 2.24) is 5.32 Å². The highest BCUT2D eigenvalue weighted by atomic mass is 16.4. The number of hydrogen-bond acceptors (Lipinski definition) is 2. The number of hydrogen-bond donors (Lipinski definition) is 2. The molecule has 0 bridgehead atoms. The quantitative estimate of drug-likeness (QED) is 0.534. The maximum Gasteiger partial charge on any atom is 0.320 e. The van der Waals surface area contributed by atoms with Gasteiger partial charge in [-0.25, -0.2) is 0 Å². The number of aliphatic carboxylic acids is 1. The predicted molar refractivity (Wildman–Crippen MR) is 35.3 cm³/mol. The van der Waals surface area contributed by atoms with Gasteiger partial charge in [0.15, 0.2) is 0 Å². The molecule has 0 unspecified atom stereocenters. The van der Waals surface area contributed by atoms with Crippen LogP contribution in [0, 0.1) is 0 Å². The third kappa shape index (κ3) is 3.73. The van der Waals surface area contributed by atoms with E-state index < -0.39 is 12.0 Å². The first-order chi connectivity index (χ1) is 4.18. The molecule has 0 radical (unpaired) electrons. The van der Waals surface area contributed by atoms with Crippen LogP contribution in [0.5, 0.6) is 0 Å². The largest absolute Gasteiger partial charge is 0.480 e. The Bertz CT molecular complexity index is 112. The minimum absolute atomic E-state index is 0.483. The highest BCUT2D eigenvalue weighted by Crippen LogP contribution is 1.78. The molecule has 0 aromatic heterocycles. The summed E-state index contributed by atoms with van der Waals surface area (Å²) in [5.74, 6) is -0.836. The molecule has 0 saturated carbocycles. The Balaban J connectivity index is 3.37. The first-order valence-corrected chi connectivity index (χ1v) is 2.75. The summed E-state index contributed by atoms with van der Waals surface area (Å²) in [5.41, 5.74) is 0. The van der Waals surface area contributed by atoms with E-state index in [-0.39, 0.29) is 0 Å². The van der Waals surface area contributed by atoms with Crippen LogP contribution < -0.4 is 5.32 Å². The second kappa shape index (κ2) is 4.09. The van der Waals surface area contributed by atoms with Crippen LogP contribution in [0.1, 0.15) is 6.92 Å². The van der Waals surface area contributed by atoms with Crippen molar-refractivity contribution in [3.63, 3.8) is 0 Å². The van der Waals surface area contributed by atoms with Gasteiger partial charge in [0.1, 0.15) is 6.04 Å². The van der Waals surface area contributed by atoms with Gasteiger partial charge < -0.3 is 10.4 Å². The Morgan fingerprint density at radius 1 is 2.00 bits per heavy atom. The third-order valence-electron chi connectivity index (χ3n) is 0.939. The van der Waals surface area contributed by atoms with E-state index in [2.05, 4.69) is 11.9 Å². The summed E-state index contributed by atoms with van der Waals surface area (Å²) < 4.78 is 0. The summed E-state index contributed by atoms with van der Waals surface area (Å²) >= 11 is 0. The summed E-state index contributed by atoms with van der Waals surface area (Å²) in [5, 5.41) is 11.0. The minimum atomic E-state index is -0.836. The van der Waals surface area contributed by atoms with Gasteiger partial charge in [-0.05, 0) is 6.92 Å². The molecule has 3 heteroatoms. The number of carboxylic acids is 1. The van der Waals surface area contributed by atoms with Crippen molar-refractivity contribution in [1.29, 1.82) is 0 Å². The average Bonchev–Trinajstić information content (AvgIpc) is 1.82. The van der Waals surface area contributed by atoms with Crippen LogP contribution in [-0.4, -0.2) is 23.7 Å². The molecule has 0 rings (SSSR count). The van der Waals surface area contributed by atoms with Crippen LogP contribution in [0.25, 0.3) is 0 Å². The molecule has 1 atom stereocenters. The van der Waals surface area contributed by atoms with Crippen molar-refractivity contribution in [2.75, 3.05) is 6.54 Å².